The second-order valence-corrected chi connectivity index (χ2v) is 4.62. The third-order valence-electron chi connectivity index (χ3n) is 3.08. The fourth-order valence-corrected chi connectivity index (χ4v) is 2.01. The Kier molecular flexibility index (Phi) is 4.52. The first kappa shape index (κ1) is 13.5. The van der Waals surface area contributed by atoms with Crippen LogP contribution in [-0.2, 0) is 13.6 Å². The maximum Gasteiger partial charge on any atom is 0.345 e. The molecule has 5 heteroatoms. The first-order valence-corrected chi connectivity index (χ1v) is 6.59. The highest BCUT2D eigenvalue weighted by Gasteiger charge is 2.13. The Morgan fingerprint density at radius 3 is 2.63 bits per heavy atom. The second kappa shape index (κ2) is 6.33. The minimum atomic E-state index is -0.0840. The lowest BCUT2D eigenvalue weighted by Gasteiger charge is -2.18. The van der Waals surface area contributed by atoms with Gasteiger partial charge >= 0.3 is 5.69 Å². The maximum absolute atomic E-state index is 11.8. The van der Waals surface area contributed by atoms with Crippen molar-refractivity contribution in [1.82, 2.24) is 19.7 Å². The summed E-state index contributed by atoms with van der Waals surface area (Å²) in [6, 6.07) is 10.3. The van der Waals surface area contributed by atoms with E-state index in [0.29, 0.717) is 6.54 Å². The van der Waals surface area contributed by atoms with Crippen LogP contribution in [0.2, 0.25) is 0 Å². The van der Waals surface area contributed by atoms with Gasteiger partial charge in [-0.25, -0.2) is 9.48 Å². The largest absolute Gasteiger partial charge is 0.345 e. The molecule has 1 unspecified atom stereocenters. The molecule has 2 aromatic rings. The van der Waals surface area contributed by atoms with Crippen LogP contribution in [0.3, 0.4) is 0 Å². The van der Waals surface area contributed by atoms with E-state index in [1.807, 2.05) is 18.2 Å². The van der Waals surface area contributed by atoms with Crippen molar-refractivity contribution < 1.29 is 0 Å². The van der Waals surface area contributed by atoms with Gasteiger partial charge in [-0.3, -0.25) is 4.57 Å². The van der Waals surface area contributed by atoms with Crippen LogP contribution in [0.25, 0.3) is 0 Å². The topological polar surface area (TPSA) is 51.9 Å². The predicted octanol–water partition coefficient (Wildman–Crippen LogP) is 1.32. The van der Waals surface area contributed by atoms with Crippen LogP contribution in [0.4, 0.5) is 0 Å². The van der Waals surface area contributed by atoms with Crippen LogP contribution in [0.5, 0.6) is 0 Å². The summed E-state index contributed by atoms with van der Waals surface area (Å²) >= 11 is 0. The summed E-state index contributed by atoms with van der Waals surface area (Å²) in [4.78, 5) is 11.8. The van der Waals surface area contributed by atoms with E-state index in [0.717, 1.165) is 13.0 Å². The average Bonchev–Trinajstić information content (AvgIpc) is 2.76. The normalized spacial score (nSPS) is 12.5. The van der Waals surface area contributed by atoms with Crippen LogP contribution in [0.15, 0.2) is 41.5 Å². The van der Waals surface area contributed by atoms with E-state index in [1.54, 1.807) is 13.4 Å². The van der Waals surface area contributed by atoms with E-state index >= 15 is 0 Å². The van der Waals surface area contributed by atoms with E-state index < -0.39 is 0 Å². The summed E-state index contributed by atoms with van der Waals surface area (Å²) < 4.78 is 2.99. The Labute approximate surface area is 112 Å². The van der Waals surface area contributed by atoms with Gasteiger partial charge in [0.05, 0.1) is 12.6 Å². The molecule has 0 aliphatic rings. The van der Waals surface area contributed by atoms with Gasteiger partial charge in [-0.2, -0.15) is 5.10 Å². The van der Waals surface area contributed by atoms with Crippen LogP contribution in [-0.4, -0.2) is 20.9 Å². The minimum absolute atomic E-state index is 0.0840. The molecule has 0 bridgehead atoms. The van der Waals surface area contributed by atoms with Crippen molar-refractivity contribution >= 4 is 0 Å². The number of aromatic nitrogens is 3. The van der Waals surface area contributed by atoms with E-state index in [1.165, 1.54) is 14.8 Å². The van der Waals surface area contributed by atoms with Gasteiger partial charge in [0, 0.05) is 7.05 Å². The molecule has 1 aromatic heterocycles. The molecule has 0 radical (unpaired) electrons. The lowest BCUT2D eigenvalue weighted by molar-refractivity contribution is 0.429. The van der Waals surface area contributed by atoms with Gasteiger partial charge in [-0.15, -0.1) is 0 Å². The van der Waals surface area contributed by atoms with Crippen molar-refractivity contribution in [2.45, 2.75) is 25.9 Å². The van der Waals surface area contributed by atoms with Crippen LogP contribution >= 0.6 is 0 Å². The molecule has 19 heavy (non-hydrogen) atoms. The van der Waals surface area contributed by atoms with E-state index in [2.05, 4.69) is 29.5 Å². The zero-order chi connectivity index (χ0) is 13.7. The molecule has 2 rings (SSSR count). The van der Waals surface area contributed by atoms with Crippen LogP contribution in [0.1, 0.15) is 24.9 Å². The SMILES string of the molecule is CCCNC(Cn1ncn(C)c1=O)c1ccccc1. The molecule has 0 aliphatic heterocycles. The standard InChI is InChI=1S/C14H20N4O/c1-3-9-15-13(12-7-5-4-6-8-12)10-18-14(19)17(2)11-16-18/h4-8,11,13,15H,3,9-10H2,1-2H3. The summed E-state index contributed by atoms with van der Waals surface area (Å²) in [5, 5.41) is 7.58. The molecule has 1 atom stereocenters. The van der Waals surface area contributed by atoms with Crippen molar-refractivity contribution in [1.29, 1.82) is 0 Å². The number of hydrogen-bond acceptors (Lipinski definition) is 3. The Morgan fingerprint density at radius 1 is 1.32 bits per heavy atom. The van der Waals surface area contributed by atoms with E-state index in [-0.39, 0.29) is 11.7 Å². The third-order valence-corrected chi connectivity index (χ3v) is 3.08. The molecule has 1 aromatic carbocycles. The zero-order valence-corrected chi connectivity index (χ0v) is 11.4. The summed E-state index contributed by atoms with van der Waals surface area (Å²) in [5.41, 5.74) is 1.09. The first-order valence-electron chi connectivity index (χ1n) is 6.59. The molecule has 1 N–H and O–H groups in total. The molecule has 1 heterocycles. The number of nitrogens with zero attached hydrogens (tertiary/aromatic N) is 3. The minimum Gasteiger partial charge on any atom is -0.308 e. The van der Waals surface area contributed by atoms with Crippen molar-refractivity contribution in [3.63, 3.8) is 0 Å². The first-order chi connectivity index (χ1) is 9.22. The van der Waals surface area contributed by atoms with Gasteiger partial charge < -0.3 is 5.32 Å². The second-order valence-electron chi connectivity index (χ2n) is 4.62. The fourth-order valence-electron chi connectivity index (χ4n) is 2.01. The van der Waals surface area contributed by atoms with Gasteiger partial charge in [-0.05, 0) is 18.5 Å². The summed E-state index contributed by atoms with van der Waals surface area (Å²) in [6.07, 6.45) is 2.60. The molecule has 0 amide bonds. The van der Waals surface area contributed by atoms with Crippen LogP contribution < -0.4 is 11.0 Å². The van der Waals surface area contributed by atoms with Crippen molar-refractivity contribution in [3.8, 4) is 0 Å². The Morgan fingerprint density at radius 2 is 2.05 bits per heavy atom. The summed E-state index contributed by atoms with van der Waals surface area (Å²) in [5.74, 6) is 0. The molecule has 0 fully saturated rings. The van der Waals surface area contributed by atoms with Crippen molar-refractivity contribution in [2.24, 2.45) is 7.05 Å². The summed E-state index contributed by atoms with van der Waals surface area (Å²) in [7, 11) is 1.71. The molecular formula is C14H20N4O. The molecule has 102 valence electrons. The molecule has 0 saturated carbocycles. The monoisotopic (exact) mass is 260 g/mol. The van der Waals surface area contributed by atoms with Gasteiger partial charge in [0.25, 0.3) is 0 Å². The smallest absolute Gasteiger partial charge is 0.308 e. The van der Waals surface area contributed by atoms with Gasteiger partial charge in [0.15, 0.2) is 0 Å². The highest BCUT2D eigenvalue weighted by atomic mass is 16.2. The van der Waals surface area contributed by atoms with Crippen LogP contribution in [0, 0.1) is 0 Å². The maximum atomic E-state index is 11.8. The Bertz CT molecular complexity index is 558. The lowest BCUT2D eigenvalue weighted by Crippen LogP contribution is -2.32. The highest BCUT2D eigenvalue weighted by Crippen LogP contribution is 2.13. The highest BCUT2D eigenvalue weighted by molar-refractivity contribution is 5.18. The van der Waals surface area contributed by atoms with Gasteiger partial charge in [-0.1, -0.05) is 37.3 Å². The number of rotatable bonds is 6. The van der Waals surface area contributed by atoms with Gasteiger partial charge in [0.2, 0.25) is 0 Å². The number of nitrogens with one attached hydrogen (secondary N) is 1. The lowest BCUT2D eigenvalue weighted by atomic mass is 10.1. The molecular weight excluding hydrogens is 240 g/mol. The Hall–Kier alpha value is -1.88. The predicted molar refractivity (Wildman–Crippen MR) is 74.9 cm³/mol. The fraction of sp³-hybridized carbons (Fsp3) is 0.429. The third kappa shape index (κ3) is 3.32. The number of aryl methyl sites for hydroxylation is 1. The zero-order valence-electron chi connectivity index (χ0n) is 11.4. The van der Waals surface area contributed by atoms with E-state index in [4.69, 9.17) is 0 Å². The quantitative estimate of drug-likeness (QED) is 0.852. The molecule has 5 nitrogen and oxygen atoms in total. The Balaban J connectivity index is 2.19. The van der Waals surface area contributed by atoms with E-state index in [9.17, 15) is 4.79 Å². The molecule has 0 spiro atoms. The van der Waals surface area contributed by atoms with Gasteiger partial charge in [0.1, 0.15) is 6.33 Å². The summed E-state index contributed by atoms with van der Waals surface area (Å²) in [6.45, 7) is 3.59. The number of benzene rings is 1. The van der Waals surface area contributed by atoms with Crippen molar-refractivity contribution in [3.05, 3.63) is 52.7 Å². The number of hydrogen-bond donors (Lipinski definition) is 1. The average molecular weight is 260 g/mol. The van der Waals surface area contributed by atoms with Crippen molar-refractivity contribution in [2.75, 3.05) is 6.54 Å². The molecule has 0 aliphatic carbocycles. The molecule has 0 saturated heterocycles.